The molecule has 250 valence electrons. The molecule has 47 heavy (non-hydrogen) atoms. The predicted octanol–water partition coefficient (Wildman–Crippen LogP) is 5.83. The van der Waals surface area contributed by atoms with Gasteiger partial charge >= 0.3 is 0 Å². The van der Waals surface area contributed by atoms with Gasteiger partial charge in [0, 0.05) is 36.3 Å². The minimum Gasteiger partial charge on any atom is -0.494 e. The number of halogens is 3. The number of hydrogen-bond donors (Lipinski definition) is 4. The number of rotatable bonds is 12. The fraction of sp³-hybridized carbons (Fsp3) is 0.394. The van der Waals surface area contributed by atoms with E-state index >= 15 is 8.78 Å². The maximum absolute atomic E-state index is 16.0. The first-order valence-electron chi connectivity index (χ1n) is 15.4. The number of nitrogens with zero attached hydrogens (tertiary/aromatic N) is 2. The van der Waals surface area contributed by atoms with Gasteiger partial charge in [-0.25, -0.2) is 27.2 Å². The van der Waals surface area contributed by atoms with Crippen LogP contribution in [0.2, 0.25) is 5.02 Å². The van der Waals surface area contributed by atoms with Gasteiger partial charge < -0.3 is 25.2 Å². The molecule has 0 saturated heterocycles. The topological polar surface area (TPSA) is 135 Å². The third-order valence-electron chi connectivity index (χ3n) is 8.81. The Balaban J connectivity index is 1.26. The van der Waals surface area contributed by atoms with Gasteiger partial charge in [0.25, 0.3) is 10.0 Å². The van der Waals surface area contributed by atoms with E-state index in [1.54, 1.807) is 13.3 Å². The minimum absolute atomic E-state index is 0.112. The zero-order valence-electron chi connectivity index (χ0n) is 25.9. The summed E-state index contributed by atoms with van der Waals surface area (Å²) >= 11 is 6.16. The lowest BCUT2D eigenvalue weighted by Gasteiger charge is -2.17. The Morgan fingerprint density at radius 1 is 1.11 bits per heavy atom. The smallest absolute Gasteiger partial charge is 0.262 e. The molecule has 14 heteroatoms. The van der Waals surface area contributed by atoms with E-state index < -0.39 is 39.0 Å². The SMILES string of the molecule is COCCNCC1CCC(Nc2ncc3cc(-c4c(F)ccc(NS(=O)(=O)c5cc(Cl)cc6c5CCC6O)c4F)cc(OC)c3n2)C1. The molecule has 3 atom stereocenters. The number of fused-ring (bicyclic) bond motifs is 2. The van der Waals surface area contributed by atoms with Crippen LogP contribution in [0.25, 0.3) is 22.0 Å². The molecule has 2 aliphatic rings. The summed E-state index contributed by atoms with van der Waals surface area (Å²) in [6.07, 6.45) is 4.39. The molecule has 4 N–H and O–H groups in total. The molecule has 10 nitrogen and oxygen atoms in total. The number of ether oxygens (including phenoxy) is 2. The highest BCUT2D eigenvalue weighted by molar-refractivity contribution is 7.92. The van der Waals surface area contributed by atoms with E-state index in [-0.39, 0.29) is 27.3 Å². The van der Waals surface area contributed by atoms with E-state index in [0.717, 1.165) is 44.5 Å². The summed E-state index contributed by atoms with van der Waals surface area (Å²) in [5.74, 6) is -0.778. The third kappa shape index (κ3) is 7.00. The average molecular weight is 688 g/mol. The van der Waals surface area contributed by atoms with Crippen molar-refractivity contribution in [1.82, 2.24) is 15.3 Å². The van der Waals surface area contributed by atoms with E-state index in [1.165, 1.54) is 31.4 Å². The van der Waals surface area contributed by atoms with E-state index in [4.69, 9.17) is 21.1 Å². The van der Waals surface area contributed by atoms with E-state index in [9.17, 15) is 13.5 Å². The molecule has 1 fully saturated rings. The Morgan fingerprint density at radius 3 is 2.72 bits per heavy atom. The molecule has 0 radical (unpaired) electrons. The zero-order chi connectivity index (χ0) is 33.3. The molecule has 4 aromatic rings. The second-order valence-electron chi connectivity index (χ2n) is 11.9. The third-order valence-corrected chi connectivity index (χ3v) is 10.5. The highest BCUT2D eigenvalue weighted by Gasteiger charge is 2.31. The van der Waals surface area contributed by atoms with Crippen LogP contribution in [-0.2, 0) is 21.2 Å². The van der Waals surface area contributed by atoms with Crippen molar-refractivity contribution in [3.05, 3.63) is 70.4 Å². The summed E-state index contributed by atoms with van der Waals surface area (Å²) in [4.78, 5) is 8.95. The van der Waals surface area contributed by atoms with Crippen molar-refractivity contribution in [3.8, 4) is 16.9 Å². The predicted molar refractivity (Wildman–Crippen MR) is 176 cm³/mol. The molecule has 1 aromatic heterocycles. The number of aliphatic hydroxyl groups is 1. The Morgan fingerprint density at radius 2 is 1.94 bits per heavy atom. The number of benzene rings is 3. The number of anilines is 2. The lowest BCUT2D eigenvalue weighted by molar-refractivity contribution is 0.180. The van der Waals surface area contributed by atoms with Gasteiger partial charge in [0.2, 0.25) is 5.95 Å². The summed E-state index contributed by atoms with van der Waals surface area (Å²) in [6, 6.07) is 7.99. The van der Waals surface area contributed by atoms with Crippen LogP contribution >= 0.6 is 11.6 Å². The Hall–Kier alpha value is -3.62. The molecule has 0 amide bonds. The zero-order valence-corrected chi connectivity index (χ0v) is 27.5. The summed E-state index contributed by atoms with van der Waals surface area (Å²) < 4.78 is 71.1. The van der Waals surface area contributed by atoms with Gasteiger partial charge in [-0.15, -0.1) is 0 Å². The Kier molecular flexibility index (Phi) is 9.81. The summed E-state index contributed by atoms with van der Waals surface area (Å²) in [6.45, 7) is 2.40. The lowest BCUT2D eigenvalue weighted by atomic mass is 10.0. The van der Waals surface area contributed by atoms with Crippen LogP contribution < -0.4 is 20.1 Å². The molecule has 0 spiro atoms. The van der Waals surface area contributed by atoms with Crippen molar-refractivity contribution in [3.63, 3.8) is 0 Å². The fourth-order valence-corrected chi connectivity index (χ4v) is 8.18. The van der Waals surface area contributed by atoms with Crippen LogP contribution in [0.15, 0.2) is 47.5 Å². The fourth-order valence-electron chi connectivity index (χ4n) is 6.51. The van der Waals surface area contributed by atoms with Gasteiger partial charge in [0.1, 0.15) is 17.1 Å². The molecular formula is C33H36ClF2N5O5S. The quantitative estimate of drug-likeness (QED) is 0.136. The van der Waals surface area contributed by atoms with Crippen molar-refractivity contribution in [1.29, 1.82) is 0 Å². The van der Waals surface area contributed by atoms with E-state index in [1.807, 2.05) is 0 Å². The first kappa shape index (κ1) is 33.3. The van der Waals surface area contributed by atoms with Gasteiger partial charge in [-0.05, 0) is 97.7 Å². The minimum atomic E-state index is -4.36. The second-order valence-corrected chi connectivity index (χ2v) is 14.0. The van der Waals surface area contributed by atoms with Gasteiger partial charge in [0.15, 0.2) is 5.82 Å². The normalized spacial score (nSPS) is 19.2. The molecular weight excluding hydrogens is 652 g/mol. The molecule has 0 aliphatic heterocycles. The van der Waals surface area contributed by atoms with Gasteiger partial charge in [0.05, 0.1) is 36.0 Å². The molecule has 2 aliphatic carbocycles. The van der Waals surface area contributed by atoms with Crippen molar-refractivity contribution in [2.24, 2.45) is 5.92 Å². The van der Waals surface area contributed by atoms with Crippen LogP contribution in [0.3, 0.4) is 0 Å². The van der Waals surface area contributed by atoms with Crippen LogP contribution in [0.5, 0.6) is 5.75 Å². The van der Waals surface area contributed by atoms with Crippen molar-refractivity contribution < 1.29 is 31.8 Å². The number of aromatic nitrogens is 2. The van der Waals surface area contributed by atoms with Gasteiger partial charge in [-0.3, -0.25) is 4.72 Å². The van der Waals surface area contributed by atoms with Crippen LogP contribution in [0.4, 0.5) is 20.4 Å². The van der Waals surface area contributed by atoms with Crippen molar-refractivity contribution in [2.75, 3.05) is 44.0 Å². The molecule has 0 bridgehead atoms. The Labute approximate surface area is 276 Å². The molecule has 1 heterocycles. The van der Waals surface area contributed by atoms with Crippen molar-refractivity contribution in [2.45, 2.75) is 49.1 Å². The lowest BCUT2D eigenvalue weighted by Crippen LogP contribution is -2.26. The van der Waals surface area contributed by atoms with Crippen LogP contribution in [0.1, 0.15) is 42.9 Å². The number of methoxy groups -OCH3 is 2. The highest BCUT2D eigenvalue weighted by atomic mass is 35.5. The number of nitrogens with one attached hydrogen (secondary N) is 3. The van der Waals surface area contributed by atoms with Crippen LogP contribution in [0, 0.1) is 17.6 Å². The number of hydrogen-bond acceptors (Lipinski definition) is 9. The van der Waals surface area contributed by atoms with Crippen molar-refractivity contribution >= 4 is 44.2 Å². The van der Waals surface area contributed by atoms with Gasteiger partial charge in [-0.2, -0.15) is 0 Å². The van der Waals surface area contributed by atoms with E-state index in [0.29, 0.717) is 53.3 Å². The summed E-state index contributed by atoms with van der Waals surface area (Å²) in [5, 5.41) is 17.7. The number of aliphatic hydroxyl groups excluding tert-OH is 1. The number of sulfonamides is 1. The highest BCUT2D eigenvalue weighted by Crippen LogP contribution is 2.40. The average Bonchev–Trinajstić information content (AvgIpc) is 3.65. The summed E-state index contributed by atoms with van der Waals surface area (Å²) in [5.41, 5.74) is 0.497. The monoisotopic (exact) mass is 687 g/mol. The standard InChI is InChI=1S/C33H36ClF2N5O5S/c1-45-10-9-37-16-18-3-4-22(11-18)39-33-38-17-20-12-19(13-28(46-2)32(20)40-33)30-25(35)6-7-26(31(30)36)41-47(43,44)29-15-21(34)14-24-23(29)5-8-27(24)42/h6-7,12-15,17-18,22,27,37,41-42H,3-5,8-11,16H2,1-2H3,(H,38,39,40). The summed E-state index contributed by atoms with van der Waals surface area (Å²) in [7, 11) is -1.25. The Bertz CT molecular complexity index is 1910. The first-order chi connectivity index (χ1) is 22.6. The maximum atomic E-state index is 16.0. The molecule has 3 aromatic carbocycles. The molecule has 6 rings (SSSR count). The maximum Gasteiger partial charge on any atom is 0.262 e. The molecule has 1 saturated carbocycles. The second kappa shape index (κ2) is 13.9. The van der Waals surface area contributed by atoms with E-state index in [2.05, 4.69) is 25.3 Å². The first-order valence-corrected chi connectivity index (χ1v) is 17.3. The van der Waals surface area contributed by atoms with Gasteiger partial charge in [-0.1, -0.05) is 11.6 Å². The van der Waals surface area contributed by atoms with Crippen LogP contribution in [-0.4, -0.2) is 63.5 Å². The largest absolute Gasteiger partial charge is 0.494 e. The molecule has 3 unspecified atom stereocenters.